The largest absolute Gasteiger partial charge is 0.383 e. The average Bonchev–Trinajstić information content (AvgIpc) is 2.84. The highest BCUT2D eigenvalue weighted by atomic mass is 32.2. The van der Waals surface area contributed by atoms with Gasteiger partial charge in [0, 0.05) is 18.5 Å². The van der Waals surface area contributed by atoms with Gasteiger partial charge in [0.05, 0.1) is 24.3 Å². The van der Waals surface area contributed by atoms with Crippen LogP contribution in [0.2, 0.25) is 0 Å². The predicted octanol–water partition coefficient (Wildman–Crippen LogP) is 2.59. The van der Waals surface area contributed by atoms with Gasteiger partial charge in [0.25, 0.3) is 5.56 Å². The molecular formula is C17H25N3O3S2. The maximum atomic E-state index is 12.9. The number of fused-ring (bicyclic) bond motifs is 1. The summed E-state index contributed by atoms with van der Waals surface area (Å²) in [6.45, 7) is 9.52. The number of ether oxygens (including phenoxy) is 1. The van der Waals surface area contributed by atoms with Gasteiger partial charge in [-0.1, -0.05) is 25.6 Å². The molecule has 0 bridgehead atoms. The van der Waals surface area contributed by atoms with E-state index in [2.05, 4.69) is 10.3 Å². The van der Waals surface area contributed by atoms with E-state index in [1.165, 1.54) is 23.1 Å². The number of carbonyl (C=O) groups excluding carboxylic acids is 1. The number of carbonyl (C=O) groups is 1. The molecule has 0 saturated carbocycles. The van der Waals surface area contributed by atoms with Crippen LogP contribution < -0.4 is 10.9 Å². The van der Waals surface area contributed by atoms with Gasteiger partial charge >= 0.3 is 0 Å². The van der Waals surface area contributed by atoms with Crippen LogP contribution in [-0.4, -0.2) is 41.5 Å². The fourth-order valence-corrected chi connectivity index (χ4v) is 4.22. The summed E-state index contributed by atoms with van der Waals surface area (Å²) in [5.74, 6) is 0.589. The summed E-state index contributed by atoms with van der Waals surface area (Å²) in [4.78, 5) is 31.4. The van der Waals surface area contributed by atoms with Crippen LogP contribution in [0.5, 0.6) is 0 Å². The van der Waals surface area contributed by atoms with Gasteiger partial charge in [-0.05, 0) is 25.3 Å². The van der Waals surface area contributed by atoms with Crippen LogP contribution in [0, 0.1) is 19.8 Å². The monoisotopic (exact) mass is 383 g/mol. The molecule has 0 aromatic carbocycles. The molecule has 2 heterocycles. The van der Waals surface area contributed by atoms with Crippen molar-refractivity contribution in [1.29, 1.82) is 0 Å². The summed E-state index contributed by atoms with van der Waals surface area (Å²) < 4.78 is 6.74. The van der Waals surface area contributed by atoms with Crippen LogP contribution in [0.25, 0.3) is 10.2 Å². The number of hydrogen-bond donors (Lipinski definition) is 1. The van der Waals surface area contributed by atoms with E-state index in [1.54, 1.807) is 11.7 Å². The number of aromatic nitrogens is 2. The van der Waals surface area contributed by atoms with E-state index in [-0.39, 0.29) is 17.2 Å². The topological polar surface area (TPSA) is 73.2 Å². The Morgan fingerprint density at radius 3 is 2.76 bits per heavy atom. The Kier molecular flexibility index (Phi) is 7.04. The Hall–Kier alpha value is -1.38. The first-order chi connectivity index (χ1) is 11.8. The highest BCUT2D eigenvalue weighted by Gasteiger charge is 2.17. The van der Waals surface area contributed by atoms with Crippen LogP contribution in [-0.2, 0) is 16.1 Å². The van der Waals surface area contributed by atoms with Crippen molar-refractivity contribution in [3.8, 4) is 0 Å². The lowest BCUT2D eigenvalue weighted by molar-refractivity contribution is -0.118. The Morgan fingerprint density at radius 2 is 2.12 bits per heavy atom. The van der Waals surface area contributed by atoms with E-state index in [0.717, 1.165) is 15.3 Å². The van der Waals surface area contributed by atoms with E-state index in [4.69, 9.17) is 4.74 Å². The highest BCUT2D eigenvalue weighted by molar-refractivity contribution is 7.99. The van der Waals surface area contributed by atoms with Crippen molar-refractivity contribution in [2.45, 2.75) is 39.4 Å². The lowest BCUT2D eigenvalue weighted by Crippen LogP contribution is -2.30. The summed E-state index contributed by atoms with van der Waals surface area (Å²) in [7, 11) is 1.60. The third kappa shape index (κ3) is 4.83. The fraction of sp³-hybridized carbons (Fsp3) is 0.588. The molecule has 0 fully saturated rings. The third-order valence-corrected chi connectivity index (χ3v) is 5.89. The van der Waals surface area contributed by atoms with E-state index in [9.17, 15) is 9.59 Å². The molecule has 2 rings (SSSR count). The number of hydrogen-bond acceptors (Lipinski definition) is 6. The van der Waals surface area contributed by atoms with Crippen LogP contribution in [0.3, 0.4) is 0 Å². The van der Waals surface area contributed by atoms with Gasteiger partial charge < -0.3 is 10.1 Å². The summed E-state index contributed by atoms with van der Waals surface area (Å²) in [5, 5.41) is 4.12. The van der Waals surface area contributed by atoms with Gasteiger partial charge in [0.15, 0.2) is 5.16 Å². The second-order valence-electron chi connectivity index (χ2n) is 6.29. The molecule has 138 valence electrons. The second-order valence-corrected chi connectivity index (χ2v) is 8.44. The Morgan fingerprint density at radius 1 is 1.40 bits per heavy atom. The zero-order valence-electron chi connectivity index (χ0n) is 15.3. The molecule has 0 unspecified atom stereocenters. The normalized spacial score (nSPS) is 11.4. The number of aryl methyl sites for hydroxylation is 2. The first-order valence-corrected chi connectivity index (χ1v) is 10.0. The molecule has 0 spiro atoms. The number of thiophene rings is 1. The fourth-order valence-electron chi connectivity index (χ4n) is 2.30. The smallest absolute Gasteiger partial charge is 0.263 e. The minimum atomic E-state index is -0.0611. The van der Waals surface area contributed by atoms with Crippen LogP contribution in [0.4, 0.5) is 0 Å². The highest BCUT2D eigenvalue weighted by Crippen LogP contribution is 2.28. The lowest BCUT2D eigenvalue weighted by Gasteiger charge is -2.12. The first kappa shape index (κ1) is 19.9. The molecular weight excluding hydrogens is 358 g/mol. The standard InChI is InChI=1S/C17H25N3O3S2/c1-10(2)8-18-13(21)9-24-17-19-15-14(11(3)12(4)25-15)16(22)20(17)6-7-23-5/h10H,6-9H2,1-5H3,(H,18,21). The summed E-state index contributed by atoms with van der Waals surface area (Å²) in [6, 6.07) is 0. The molecule has 25 heavy (non-hydrogen) atoms. The van der Waals surface area contributed by atoms with Crippen molar-refractivity contribution in [3.63, 3.8) is 0 Å². The van der Waals surface area contributed by atoms with Crippen LogP contribution >= 0.6 is 23.1 Å². The second kappa shape index (κ2) is 8.82. The zero-order valence-corrected chi connectivity index (χ0v) is 17.0. The van der Waals surface area contributed by atoms with Gasteiger partial charge in [-0.15, -0.1) is 11.3 Å². The molecule has 0 aliphatic heterocycles. The van der Waals surface area contributed by atoms with E-state index < -0.39 is 0 Å². The number of rotatable bonds is 8. The molecule has 8 heteroatoms. The number of thioether (sulfide) groups is 1. The molecule has 1 amide bonds. The maximum absolute atomic E-state index is 12.9. The minimum absolute atomic E-state index is 0.0510. The molecule has 1 N–H and O–H groups in total. The number of nitrogens with one attached hydrogen (secondary N) is 1. The lowest BCUT2D eigenvalue weighted by atomic mass is 10.2. The van der Waals surface area contributed by atoms with Crippen LogP contribution in [0.15, 0.2) is 9.95 Å². The Labute approximate surface area is 156 Å². The molecule has 0 atom stereocenters. The van der Waals surface area contributed by atoms with Gasteiger partial charge in [-0.3, -0.25) is 14.2 Å². The summed E-state index contributed by atoms with van der Waals surface area (Å²) in [5.41, 5.74) is 0.920. The third-order valence-electron chi connectivity index (χ3n) is 3.81. The van der Waals surface area contributed by atoms with Gasteiger partial charge in [0.1, 0.15) is 4.83 Å². The van der Waals surface area contributed by atoms with Crippen molar-refractivity contribution < 1.29 is 9.53 Å². The number of nitrogens with zero attached hydrogens (tertiary/aromatic N) is 2. The Bertz CT molecular complexity index is 812. The zero-order chi connectivity index (χ0) is 18.6. The van der Waals surface area contributed by atoms with Crippen molar-refractivity contribution in [3.05, 3.63) is 20.8 Å². The van der Waals surface area contributed by atoms with Gasteiger partial charge in [-0.25, -0.2) is 4.98 Å². The quantitative estimate of drug-likeness (QED) is 0.560. The summed E-state index contributed by atoms with van der Waals surface area (Å²) in [6.07, 6.45) is 0. The van der Waals surface area contributed by atoms with E-state index in [1.807, 2.05) is 27.7 Å². The molecule has 0 radical (unpaired) electrons. The minimum Gasteiger partial charge on any atom is -0.383 e. The molecule has 2 aromatic rings. The van der Waals surface area contributed by atoms with Gasteiger partial charge in [-0.2, -0.15) is 0 Å². The molecule has 2 aromatic heterocycles. The maximum Gasteiger partial charge on any atom is 0.263 e. The molecule has 0 aliphatic rings. The molecule has 0 aliphatic carbocycles. The predicted molar refractivity (Wildman–Crippen MR) is 104 cm³/mol. The van der Waals surface area contributed by atoms with Crippen molar-refractivity contribution in [2.24, 2.45) is 5.92 Å². The molecule has 6 nitrogen and oxygen atoms in total. The van der Waals surface area contributed by atoms with E-state index >= 15 is 0 Å². The summed E-state index contributed by atoms with van der Waals surface area (Å²) >= 11 is 2.81. The number of methoxy groups -OCH3 is 1. The van der Waals surface area contributed by atoms with Crippen LogP contribution in [0.1, 0.15) is 24.3 Å². The average molecular weight is 384 g/mol. The molecule has 0 saturated heterocycles. The first-order valence-electron chi connectivity index (χ1n) is 8.24. The van der Waals surface area contributed by atoms with Gasteiger partial charge in [0.2, 0.25) is 5.91 Å². The van der Waals surface area contributed by atoms with Crippen molar-refractivity contribution in [1.82, 2.24) is 14.9 Å². The Balaban J connectivity index is 2.30. The SMILES string of the molecule is COCCn1c(SCC(=O)NCC(C)C)nc2sc(C)c(C)c2c1=O. The number of amides is 1. The van der Waals surface area contributed by atoms with Crippen molar-refractivity contribution in [2.75, 3.05) is 26.0 Å². The van der Waals surface area contributed by atoms with Crippen molar-refractivity contribution >= 4 is 39.2 Å². The van der Waals surface area contributed by atoms with E-state index in [0.29, 0.717) is 36.2 Å².